The van der Waals surface area contributed by atoms with Crippen LogP contribution >= 0.6 is 0 Å². The van der Waals surface area contributed by atoms with Crippen molar-refractivity contribution in [2.45, 2.75) is 25.2 Å². The van der Waals surface area contributed by atoms with Gasteiger partial charge in [-0.15, -0.1) is 0 Å². The van der Waals surface area contributed by atoms with Crippen molar-refractivity contribution in [1.82, 2.24) is 15.1 Å². The van der Waals surface area contributed by atoms with Crippen LogP contribution in [0.4, 0.5) is 14.6 Å². The molecule has 122 valence electrons. The Morgan fingerprint density at radius 3 is 2.74 bits per heavy atom. The van der Waals surface area contributed by atoms with Crippen LogP contribution in [-0.4, -0.2) is 39.3 Å². The molecule has 0 bridgehead atoms. The van der Waals surface area contributed by atoms with E-state index in [4.69, 9.17) is 0 Å². The molecule has 3 rings (SSSR count). The minimum absolute atomic E-state index is 0.0838. The first kappa shape index (κ1) is 15.3. The first-order valence-corrected chi connectivity index (χ1v) is 7.11. The summed E-state index contributed by atoms with van der Waals surface area (Å²) in [5.74, 6) is -1.09. The van der Waals surface area contributed by atoms with Crippen molar-refractivity contribution >= 4 is 11.8 Å². The maximum Gasteiger partial charge on any atom is 0.339 e. The van der Waals surface area contributed by atoms with E-state index in [1.807, 2.05) is 4.90 Å². The molecule has 23 heavy (non-hydrogen) atoms. The van der Waals surface area contributed by atoms with Crippen LogP contribution in [-0.2, 0) is 0 Å². The first-order valence-electron chi connectivity index (χ1n) is 7.11. The largest absolute Gasteiger partial charge is 0.478 e. The molecular formula is C14H14F2N4O3. The summed E-state index contributed by atoms with van der Waals surface area (Å²) in [5, 5.41) is 12.8. The number of pyridine rings is 1. The Bertz CT molecular complexity index is 699. The Morgan fingerprint density at radius 2 is 2.13 bits per heavy atom. The number of hydrogen-bond donors (Lipinski definition) is 1. The number of hydrogen-bond acceptors (Lipinski definition) is 6. The zero-order valence-corrected chi connectivity index (χ0v) is 12.0. The molecule has 1 N–H and O–H groups in total. The number of nitrogens with zero attached hydrogens (tertiary/aromatic N) is 4. The molecule has 0 aliphatic carbocycles. The van der Waals surface area contributed by atoms with Gasteiger partial charge in [0, 0.05) is 25.2 Å². The van der Waals surface area contributed by atoms with Gasteiger partial charge in [-0.05, 0) is 25.0 Å². The lowest BCUT2D eigenvalue weighted by Crippen LogP contribution is -2.34. The van der Waals surface area contributed by atoms with Gasteiger partial charge in [-0.25, -0.2) is 9.78 Å². The van der Waals surface area contributed by atoms with Gasteiger partial charge in [0.1, 0.15) is 11.4 Å². The molecule has 0 amide bonds. The van der Waals surface area contributed by atoms with E-state index in [1.165, 1.54) is 6.07 Å². The van der Waals surface area contributed by atoms with Crippen LogP contribution in [0.5, 0.6) is 0 Å². The smallest absolute Gasteiger partial charge is 0.339 e. The molecule has 9 heteroatoms. The van der Waals surface area contributed by atoms with Crippen molar-refractivity contribution in [3.05, 3.63) is 35.6 Å². The van der Waals surface area contributed by atoms with Gasteiger partial charge in [-0.3, -0.25) is 0 Å². The van der Waals surface area contributed by atoms with Crippen molar-refractivity contribution in [3.8, 4) is 0 Å². The van der Waals surface area contributed by atoms with Crippen molar-refractivity contribution < 1.29 is 23.2 Å². The molecule has 0 saturated carbocycles. The summed E-state index contributed by atoms with van der Waals surface area (Å²) >= 11 is 0. The third-order valence-electron chi connectivity index (χ3n) is 3.82. The lowest BCUT2D eigenvalue weighted by atomic mass is 9.96. The SMILES string of the molecule is O=C(O)c1cccnc1N1CCC(c2noc(C(F)F)n2)CC1. The van der Waals surface area contributed by atoms with Crippen LogP contribution in [0, 0.1) is 0 Å². The highest BCUT2D eigenvalue weighted by molar-refractivity contribution is 5.93. The van der Waals surface area contributed by atoms with Gasteiger partial charge in [0.15, 0.2) is 5.82 Å². The van der Waals surface area contributed by atoms with E-state index in [0.717, 1.165) is 0 Å². The predicted molar refractivity (Wildman–Crippen MR) is 74.6 cm³/mol. The molecule has 0 atom stereocenters. The Hall–Kier alpha value is -2.58. The summed E-state index contributed by atoms with van der Waals surface area (Å²) in [4.78, 5) is 21.0. The number of carboxylic acid groups (broad SMARTS) is 1. The fraction of sp³-hybridized carbons (Fsp3) is 0.429. The van der Waals surface area contributed by atoms with Crippen LogP contribution < -0.4 is 4.90 Å². The minimum atomic E-state index is -2.78. The van der Waals surface area contributed by atoms with Gasteiger partial charge >= 0.3 is 12.4 Å². The van der Waals surface area contributed by atoms with Crippen molar-refractivity contribution in [3.63, 3.8) is 0 Å². The van der Waals surface area contributed by atoms with Crippen molar-refractivity contribution in [1.29, 1.82) is 0 Å². The molecule has 1 aliphatic rings. The van der Waals surface area contributed by atoms with E-state index in [0.29, 0.717) is 31.7 Å². The fourth-order valence-electron chi connectivity index (χ4n) is 2.67. The lowest BCUT2D eigenvalue weighted by Gasteiger charge is -2.32. The van der Waals surface area contributed by atoms with Gasteiger partial charge in [0.05, 0.1) is 0 Å². The summed E-state index contributed by atoms with van der Waals surface area (Å²) in [7, 11) is 0. The van der Waals surface area contributed by atoms with Crippen LogP contribution in [0.3, 0.4) is 0 Å². The number of carboxylic acids is 1. The highest BCUT2D eigenvalue weighted by Gasteiger charge is 2.28. The zero-order chi connectivity index (χ0) is 16.4. The standard InChI is InChI=1S/C14H14F2N4O3/c15-10(16)13-18-11(19-23-13)8-3-6-20(7-4-8)12-9(14(21)22)2-1-5-17-12/h1-2,5,8,10H,3-4,6-7H2,(H,21,22). The molecule has 3 heterocycles. The Balaban J connectivity index is 1.70. The van der Waals surface area contributed by atoms with E-state index in [-0.39, 0.29) is 17.3 Å². The lowest BCUT2D eigenvalue weighted by molar-refractivity contribution is 0.0697. The second kappa shape index (κ2) is 6.27. The fourth-order valence-corrected chi connectivity index (χ4v) is 2.67. The van der Waals surface area contributed by atoms with Crippen molar-refractivity contribution in [2.24, 2.45) is 0 Å². The summed E-state index contributed by atoms with van der Waals surface area (Å²) in [6.45, 7) is 1.08. The number of aromatic carboxylic acids is 1. The van der Waals surface area contributed by atoms with Gasteiger partial charge in [-0.1, -0.05) is 5.16 Å². The highest BCUT2D eigenvalue weighted by Crippen LogP contribution is 2.30. The number of anilines is 1. The third kappa shape index (κ3) is 3.13. The molecule has 1 aliphatic heterocycles. The minimum Gasteiger partial charge on any atom is -0.478 e. The number of aromatic nitrogens is 3. The monoisotopic (exact) mass is 324 g/mol. The Labute approximate surface area is 129 Å². The topological polar surface area (TPSA) is 92.3 Å². The average Bonchev–Trinajstić information content (AvgIpc) is 3.05. The summed E-state index contributed by atoms with van der Waals surface area (Å²) in [6.07, 6.45) is -0.0135. The number of rotatable bonds is 4. The molecule has 0 spiro atoms. The first-order chi connectivity index (χ1) is 11.1. The molecule has 1 saturated heterocycles. The maximum atomic E-state index is 12.5. The number of piperidine rings is 1. The molecule has 7 nitrogen and oxygen atoms in total. The highest BCUT2D eigenvalue weighted by atomic mass is 19.3. The van der Waals surface area contributed by atoms with Crippen molar-refractivity contribution in [2.75, 3.05) is 18.0 Å². The van der Waals surface area contributed by atoms with E-state index < -0.39 is 18.3 Å². The molecule has 0 unspecified atom stereocenters. The molecule has 0 radical (unpaired) electrons. The molecule has 2 aromatic rings. The van der Waals surface area contributed by atoms with E-state index in [1.54, 1.807) is 12.3 Å². The Kier molecular flexibility index (Phi) is 4.18. The predicted octanol–water partition coefficient (Wildman–Crippen LogP) is 2.48. The molecular weight excluding hydrogens is 310 g/mol. The number of carbonyl (C=O) groups is 1. The molecule has 2 aromatic heterocycles. The second-order valence-corrected chi connectivity index (χ2v) is 5.23. The zero-order valence-electron chi connectivity index (χ0n) is 12.0. The summed E-state index contributed by atoms with van der Waals surface area (Å²) in [6, 6.07) is 3.08. The average molecular weight is 324 g/mol. The normalized spacial score (nSPS) is 16.0. The van der Waals surface area contributed by atoms with Gasteiger partial charge < -0.3 is 14.5 Å². The number of alkyl halides is 2. The van der Waals surface area contributed by atoms with Gasteiger partial charge in [-0.2, -0.15) is 13.8 Å². The van der Waals surface area contributed by atoms with Crippen LogP contribution in [0.15, 0.2) is 22.9 Å². The summed E-state index contributed by atoms with van der Waals surface area (Å²) < 4.78 is 29.5. The third-order valence-corrected chi connectivity index (χ3v) is 3.82. The van der Waals surface area contributed by atoms with E-state index in [9.17, 15) is 18.7 Å². The molecule has 0 aromatic carbocycles. The van der Waals surface area contributed by atoms with E-state index >= 15 is 0 Å². The van der Waals surface area contributed by atoms with Crippen LogP contribution in [0.1, 0.15) is 47.3 Å². The van der Waals surface area contributed by atoms with Gasteiger partial charge in [0.25, 0.3) is 5.89 Å². The van der Waals surface area contributed by atoms with Crippen LogP contribution in [0.2, 0.25) is 0 Å². The second-order valence-electron chi connectivity index (χ2n) is 5.23. The van der Waals surface area contributed by atoms with Gasteiger partial charge in [0.2, 0.25) is 0 Å². The van der Waals surface area contributed by atoms with E-state index in [2.05, 4.69) is 19.6 Å². The number of halogens is 2. The summed E-state index contributed by atoms with van der Waals surface area (Å²) in [5.41, 5.74) is 0.144. The Morgan fingerprint density at radius 1 is 1.39 bits per heavy atom. The quantitative estimate of drug-likeness (QED) is 0.923. The maximum absolute atomic E-state index is 12.5. The molecule has 1 fully saturated rings. The van der Waals surface area contributed by atoms with Crippen LogP contribution in [0.25, 0.3) is 0 Å².